The predicted molar refractivity (Wildman–Crippen MR) is 140 cm³/mol. The minimum atomic E-state index is -4.64. The van der Waals surface area contributed by atoms with Crippen LogP contribution in [0.2, 0.25) is 10.0 Å². The largest absolute Gasteiger partial charge is 0.418 e. The lowest BCUT2D eigenvalue weighted by Crippen LogP contribution is -2.25. The molecule has 0 aliphatic rings. The van der Waals surface area contributed by atoms with Gasteiger partial charge >= 0.3 is 6.18 Å². The SMILES string of the molecule is O=C(CSc1nnc(CNC(=O)c2cc(Cl)ccc2Cl)n1-c1ccc(F)cc1)Nc1ccccc1C(F)(F)F. The average molecular weight is 598 g/mol. The zero-order chi connectivity index (χ0) is 28.2. The van der Waals surface area contributed by atoms with Crippen molar-refractivity contribution in [2.45, 2.75) is 17.9 Å². The molecule has 0 aliphatic carbocycles. The molecule has 0 aliphatic heterocycles. The van der Waals surface area contributed by atoms with Crippen molar-refractivity contribution in [3.05, 3.63) is 99.5 Å². The number of thioether (sulfide) groups is 1. The van der Waals surface area contributed by atoms with Gasteiger partial charge in [-0.1, -0.05) is 47.1 Å². The number of aromatic nitrogens is 3. The molecule has 0 spiro atoms. The summed E-state index contributed by atoms with van der Waals surface area (Å²) < 4.78 is 54.8. The Labute approximate surface area is 233 Å². The average Bonchev–Trinajstić information content (AvgIpc) is 3.30. The van der Waals surface area contributed by atoms with Crippen molar-refractivity contribution in [3.63, 3.8) is 0 Å². The summed E-state index contributed by atoms with van der Waals surface area (Å²) in [4.78, 5) is 25.2. The van der Waals surface area contributed by atoms with Gasteiger partial charge in [0.1, 0.15) is 5.82 Å². The highest BCUT2D eigenvalue weighted by molar-refractivity contribution is 7.99. The monoisotopic (exact) mass is 597 g/mol. The summed E-state index contributed by atoms with van der Waals surface area (Å²) in [6.45, 7) is -0.127. The maximum absolute atomic E-state index is 13.6. The van der Waals surface area contributed by atoms with E-state index in [4.69, 9.17) is 23.2 Å². The van der Waals surface area contributed by atoms with Crippen LogP contribution in [0.25, 0.3) is 5.69 Å². The van der Waals surface area contributed by atoms with Crippen molar-refractivity contribution in [2.75, 3.05) is 11.1 Å². The topological polar surface area (TPSA) is 88.9 Å². The first-order valence-electron chi connectivity index (χ1n) is 11.1. The van der Waals surface area contributed by atoms with E-state index in [2.05, 4.69) is 20.8 Å². The lowest BCUT2D eigenvalue weighted by atomic mass is 10.1. The molecule has 4 aromatic rings. The van der Waals surface area contributed by atoms with Crippen LogP contribution in [-0.4, -0.2) is 32.3 Å². The molecule has 2 amide bonds. The summed E-state index contributed by atoms with van der Waals surface area (Å²) in [5.41, 5.74) is -0.784. The minimum Gasteiger partial charge on any atom is -0.345 e. The Morgan fingerprint density at radius 3 is 2.41 bits per heavy atom. The first-order chi connectivity index (χ1) is 18.5. The van der Waals surface area contributed by atoms with Crippen LogP contribution in [0.5, 0.6) is 0 Å². The van der Waals surface area contributed by atoms with E-state index in [1.54, 1.807) is 0 Å². The number of hydrogen-bond acceptors (Lipinski definition) is 5. The number of hydrogen-bond donors (Lipinski definition) is 2. The molecule has 0 saturated carbocycles. The summed E-state index contributed by atoms with van der Waals surface area (Å²) in [5.74, 6) is -1.81. The van der Waals surface area contributed by atoms with Crippen LogP contribution in [0.15, 0.2) is 71.9 Å². The third-order valence-corrected chi connectivity index (χ3v) is 6.70. The third kappa shape index (κ3) is 7.08. The number of halogens is 6. The summed E-state index contributed by atoms with van der Waals surface area (Å²) >= 11 is 12.9. The first-order valence-corrected chi connectivity index (χ1v) is 12.8. The number of alkyl halides is 3. The Bertz CT molecular complexity index is 1510. The smallest absolute Gasteiger partial charge is 0.345 e. The van der Waals surface area contributed by atoms with Gasteiger partial charge in [0.15, 0.2) is 11.0 Å². The Morgan fingerprint density at radius 1 is 0.974 bits per heavy atom. The molecule has 0 fully saturated rings. The van der Waals surface area contributed by atoms with E-state index in [1.807, 2.05) is 0 Å². The van der Waals surface area contributed by atoms with Gasteiger partial charge in [-0.05, 0) is 54.6 Å². The van der Waals surface area contributed by atoms with Gasteiger partial charge in [0.25, 0.3) is 5.91 Å². The molecule has 2 N–H and O–H groups in total. The normalized spacial score (nSPS) is 11.3. The van der Waals surface area contributed by atoms with Crippen LogP contribution in [-0.2, 0) is 17.5 Å². The maximum atomic E-state index is 13.6. The van der Waals surface area contributed by atoms with Gasteiger partial charge in [-0.25, -0.2) is 4.39 Å². The van der Waals surface area contributed by atoms with Gasteiger partial charge in [-0.2, -0.15) is 13.2 Å². The molecule has 4 rings (SSSR count). The fraction of sp³-hybridized carbons (Fsp3) is 0.120. The minimum absolute atomic E-state index is 0.127. The Balaban J connectivity index is 1.53. The van der Waals surface area contributed by atoms with Gasteiger partial charge in [-0.15, -0.1) is 10.2 Å². The van der Waals surface area contributed by atoms with Crippen LogP contribution < -0.4 is 10.6 Å². The highest BCUT2D eigenvalue weighted by Crippen LogP contribution is 2.34. The zero-order valence-corrected chi connectivity index (χ0v) is 21.9. The molecule has 3 aromatic carbocycles. The van der Waals surface area contributed by atoms with Gasteiger partial charge in [-0.3, -0.25) is 14.2 Å². The Kier molecular flexibility index (Phi) is 8.78. The summed E-state index contributed by atoms with van der Waals surface area (Å²) in [7, 11) is 0. The Morgan fingerprint density at radius 2 is 1.69 bits per heavy atom. The van der Waals surface area contributed by atoms with Crippen molar-refractivity contribution < 1.29 is 27.2 Å². The van der Waals surface area contributed by atoms with E-state index in [1.165, 1.54) is 59.2 Å². The van der Waals surface area contributed by atoms with E-state index in [0.717, 1.165) is 23.9 Å². The molecular weight excluding hydrogens is 581 g/mol. The van der Waals surface area contributed by atoms with Gasteiger partial charge in [0.05, 0.1) is 34.1 Å². The van der Waals surface area contributed by atoms with E-state index >= 15 is 0 Å². The summed E-state index contributed by atoms with van der Waals surface area (Å²) in [6.07, 6.45) is -4.64. The number of carbonyl (C=O) groups is 2. The van der Waals surface area contributed by atoms with Crippen LogP contribution in [0.1, 0.15) is 21.7 Å². The van der Waals surface area contributed by atoms with Gasteiger partial charge < -0.3 is 10.6 Å². The second-order valence-corrected chi connectivity index (χ2v) is 9.68. The van der Waals surface area contributed by atoms with Crippen molar-refractivity contribution in [1.29, 1.82) is 0 Å². The molecule has 1 aromatic heterocycles. The zero-order valence-electron chi connectivity index (χ0n) is 19.6. The van der Waals surface area contributed by atoms with E-state index in [-0.39, 0.29) is 39.6 Å². The van der Waals surface area contributed by atoms with E-state index in [0.29, 0.717) is 10.7 Å². The number of anilines is 1. The van der Waals surface area contributed by atoms with Crippen molar-refractivity contribution in [3.8, 4) is 5.69 Å². The molecular formula is C25H17Cl2F4N5O2S. The lowest BCUT2D eigenvalue weighted by Gasteiger charge is -2.14. The van der Waals surface area contributed by atoms with Gasteiger partial charge in [0, 0.05) is 10.7 Å². The number of para-hydroxylation sites is 1. The fourth-order valence-corrected chi connectivity index (χ4v) is 4.59. The number of rotatable bonds is 8. The highest BCUT2D eigenvalue weighted by Gasteiger charge is 2.33. The molecule has 202 valence electrons. The number of nitrogens with one attached hydrogen (secondary N) is 2. The Hall–Kier alpha value is -3.61. The second kappa shape index (κ2) is 12.1. The summed E-state index contributed by atoms with van der Waals surface area (Å²) in [5, 5.41) is 13.7. The standard InChI is InChI=1S/C25H17Cl2F4N5O2S/c26-14-5-10-19(27)17(11-14)23(38)32-12-21-34-35-24(36(21)16-8-6-15(28)7-9-16)39-13-22(37)33-20-4-2-1-3-18(20)25(29,30)31/h1-11H,12-13H2,(H,32,38)(H,33,37). The van der Waals surface area contributed by atoms with Gasteiger partial charge in [0.2, 0.25) is 5.91 Å². The number of nitrogens with zero attached hydrogens (tertiary/aromatic N) is 3. The molecule has 0 radical (unpaired) electrons. The fourth-order valence-electron chi connectivity index (χ4n) is 3.44. The second-order valence-electron chi connectivity index (χ2n) is 7.90. The van der Waals surface area contributed by atoms with E-state index < -0.39 is 29.4 Å². The molecule has 1 heterocycles. The number of carbonyl (C=O) groups excluding carboxylic acids is 2. The molecule has 7 nitrogen and oxygen atoms in total. The molecule has 14 heteroatoms. The van der Waals surface area contributed by atoms with Crippen LogP contribution in [0.4, 0.5) is 23.2 Å². The van der Waals surface area contributed by atoms with Crippen LogP contribution in [0, 0.1) is 5.82 Å². The highest BCUT2D eigenvalue weighted by atomic mass is 35.5. The first kappa shape index (κ1) is 28.4. The molecule has 0 bridgehead atoms. The van der Waals surface area contributed by atoms with Crippen LogP contribution >= 0.6 is 35.0 Å². The molecule has 39 heavy (non-hydrogen) atoms. The van der Waals surface area contributed by atoms with Crippen LogP contribution in [0.3, 0.4) is 0 Å². The van der Waals surface area contributed by atoms with Crippen molar-refractivity contribution >= 4 is 52.5 Å². The van der Waals surface area contributed by atoms with Crippen molar-refractivity contribution in [1.82, 2.24) is 20.1 Å². The molecule has 0 unspecified atom stereocenters. The third-order valence-electron chi connectivity index (χ3n) is 5.20. The van der Waals surface area contributed by atoms with E-state index in [9.17, 15) is 27.2 Å². The number of benzene rings is 3. The van der Waals surface area contributed by atoms with Crippen molar-refractivity contribution in [2.24, 2.45) is 0 Å². The lowest BCUT2D eigenvalue weighted by molar-refractivity contribution is -0.137. The predicted octanol–water partition coefficient (Wildman–Crippen LogP) is 6.39. The maximum Gasteiger partial charge on any atom is 0.418 e. The molecule has 0 saturated heterocycles. The summed E-state index contributed by atoms with van der Waals surface area (Å²) in [6, 6.07) is 14.3. The molecule has 0 atom stereocenters. The quantitative estimate of drug-likeness (QED) is 0.181. The number of amides is 2.